The van der Waals surface area contributed by atoms with Crippen LogP contribution in [0.25, 0.3) is 11.2 Å². The van der Waals surface area contributed by atoms with Crippen molar-refractivity contribution in [2.45, 2.75) is 19.9 Å². The summed E-state index contributed by atoms with van der Waals surface area (Å²) >= 11 is 0. The molecular weight excluding hydrogens is 264 g/mol. The van der Waals surface area contributed by atoms with E-state index in [4.69, 9.17) is 5.73 Å². The second kappa shape index (κ2) is 4.19. The van der Waals surface area contributed by atoms with Crippen molar-refractivity contribution < 1.29 is 8.42 Å². The van der Waals surface area contributed by atoms with Crippen LogP contribution in [0.5, 0.6) is 0 Å². The Morgan fingerprint density at radius 3 is 3.00 bits per heavy atom. The fourth-order valence-electron chi connectivity index (χ4n) is 2.61. The third-order valence-corrected chi connectivity index (χ3v) is 5.47. The molecule has 1 unspecified atom stereocenters. The number of pyridine rings is 1. The van der Waals surface area contributed by atoms with E-state index in [2.05, 4.69) is 9.97 Å². The van der Waals surface area contributed by atoms with Crippen LogP contribution in [0.2, 0.25) is 0 Å². The first-order chi connectivity index (χ1) is 8.96. The van der Waals surface area contributed by atoms with Gasteiger partial charge in [-0.3, -0.25) is 4.57 Å². The number of nitrogen functional groups attached to an aromatic ring is 1. The Morgan fingerprint density at radius 1 is 1.53 bits per heavy atom. The minimum atomic E-state index is -2.87. The van der Waals surface area contributed by atoms with Crippen molar-refractivity contribution >= 4 is 26.9 Å². The largest absolute Gasteiger partial charge is 0.369 e. The van der Waals surface area contributed by atoms with Crippen LogP contribution in [0.3, 0.4) is 0 Å². The Labute approximate surface area is 111 Å². The summed E-state index contributed by atoms with van der Waals surface area (Å²) in [6.45, 7) is 2.53. The van der Waals surface area contributed by atoms with Crippen molar-refractivity contribution in [1.29, 1.82) is 0 Å². The van der Waals surface area contributed by atoms with Gasteiger partial charge in [0.05, 0.1) is 11.5 Å². The summed E-state index contributed by atoms with van der Waals surface area (Å²) in [7, 11) is -2.87. The van der Waals surface area contributed by atoms with Gasteiger partial charge >= 0.3 is 0 Å². The van der Waals surface area contributed by atoms with Gasteiger partial charge in [0.2, 0.25) is 5.95 Å². The van der Waals surface area contributed by atoms with E-state index in [1.165, 1.54) is 0 Å². The van der Waals surface area contributed by atoms with Crippen LogP contribution in [0.4, 0.5) is 5.95 Å². The molecule has 0 aromatic carbocycles. The molecule has 2 aromatic heterocycles. The predicted octanol–water partition coefficient (Wildman–Crippen LogP) is 0.757. The number of sulfone groups is 1. The molecule has 102 valence electrons. The average Bonchev–Trinajstić information content (AvgIpc) is 2.83. The van der Waals surface area contributed by atoms with Crippen molar-refractivity contribution in [3.63, 3.8) is 0 Å². The van der Waals surface area contributed by atoms with E-state index in [9.17, 15) is 8.42 Å². The van der Waals surface area contributed by atoms with Gasteiger partial charge in [-0.15, -0.1) is 0 Å². The molecule has 2 aromatic rings. The second-order valence-corrected chi connectivity index (χ2v) is 7.38. The van der Waals surface area contributed by atoms with Crippen LogP contribution >= 0.6 is 0 Å². The van der Waals surface area contributed by atoms with Gasteiger partial charge in [-0.25, -0.2) is 18.4 Å². The monoisotopic (exact) mass is 280 g/mol. The number of nitrogens with zero attached hydrogens (tertiary/aromatic N) is 3. The van der Waals surface area contributed by atoms with Gasteiger partial charge in [0, 0.05) is 12.7 Å². The van der Waals surface area contributed by atoms with E-state index in [0.29, 0.717) is 18.9 Å². The first kappa shape index (κ1) is 12.4. The molecule has 1 aliphatic heterocycles. The van der Waals surface area contributed by atoms with E-state index < -0.39 is 9.84 Å². The molecule has 19 heavy (non-hydrogen) atoms. The topological polar surface area (TPSA) is 90.9 Å². The molecule has 0 bridgehead atoms. The van der Waals surface area contributed by atoms with Crippen molar-refractivity contribution in [3.05, 3.63) is 17.8 Å². The summed E-state index contributed by atoms with van der Waals surface area (Å²) in [5.41, 5.74) is 8.48. The van der Waals surface area contributed by atoms with E-state index in [-0.39, 0.29) is 17.4 Å². The molecule has 0 aliphatic carbocycles. The molecule has 7 heteroatoms. The minimum absolute atomic E-state index is 0.104. The lowest BCUT2D eigenvalue weighted by molar-refractivity contribution is 0.501. The number of rotatable bonds is 2. The zero-order valence-electron chi connectivity index (χ0n) is 10.7. The number of nitrogens with two attached hydrogens (primary N) is 1. The van der Waals surface area contributed by atoms with Gasteiger partial charge in [0.15, 0.2) is 15.5 Å². The van der Waals surface area contributed by atoms with Crippen molar-refractivity contribution in [1.82, 2.24) is 14.5 Å². The Hall–Kier alpha value is -1.63. The molecule has 6 nitrogen and oxygen atoms in total. The van der Waals surface area contributed by atoms with Gasteiger partial charge < -0.3 is 5.73 Å². The van der Waals surface area contributed by atoms with Gasteiger partial charge in [-0.05, 0) is 30.9 Å². The van der Waals surface area contributed by atoms with Crippen LogP contribution in [0.15, 0.2) is 12.3 Å². The van der Waals surface area contributed by atoms with Gasteiger partial charge in [-0.2, -0.15) is 0 Å². The van der Waals surface area contributed by atoms with Crippen LogP contribution in [-0.2, 0) is 16.4 Å². The van der Waals surface area contributed by atoms with Crippen LogP contribution in [-0.4, -0.2) is 34.5 Å². The number of aromatic nitrogens is 3. The number of hydrogen-bond donors (Lipinski definition) is 1. The molecule has 1 aliphatic rings. The molecule has 0 spiro atoms. The maximum Gasteiger partial charge on any atom is 0.202 e. The SMILES string of the molecule is Cc1ccnc2c1nc(N)n2CC1CCS(=O)(=O)C1. The Balaban J connectivity index is 1.97. The Bertz CT molecular complexity index is 736. The molecule has 0 amide bonds. The highest BCUT2D eigenvalue weighted by Gasteiger charge is 2.29. The van der Waals surface area contributed by atoms with E-state index in [1.54, 1.807) is 6.20 Å². The number of hydrogen-bond acceptors (Lipinski definition) is 5. The van der Waals surface area contributed by atoms with Crippen LogP contribution in [0.1, 0.15) is 12.0 Å². The molecule has 2 N–H and O–H groups in total. The van der Waals surface area contributed by atoms with Crippen LogP contribution < -0.4 is 5.73 Å². The van der Waals surface area contributed by atoms with E-state index >= 15 is 0 Å². The van der Waals surface area contributed by atoms with Crippen molar-refractivity contribution in [2.24, 2.45) is 5.92 Å². The second-order valence-electron chi connectivity index (χ2n) is 5.15. The number of anilines is 1. The lowest BCUT2D eigenvalue weighted by Crippen LogP contribution is -2.14. The summed E-state index contributed by atoms with van der Waals surface area (Å²) in [5.74, 6) is 1.02. The first-order valence-electron chi connectivity index (χ1n) is 6.24. The predicted molar refractivity (Wildman–Crippen MR) is 73.4 cm³/mol. The molecule has 3 heterocycles. The smallest absolute Gasteiger partial charge is 0.202 e. The Kier molecular flexibility index (Phi) is 2.74. The van der Waals surface area contributed by atoms with Gasteiger partial charge in [0.25, 0.3) is 0 Å². The van der Waals surface area contributed by atoms with Crippen molar-refractivity contribution in [2.75, 3.05) is 17.2 Å². The molecule has 0 saturated carbocycles. The highest BCUT2D eigenvalue weighted by Crippen LogP contribution is 2.25. The molecule has 0 radical (unpaired) electrons. The summed E-state index contributed by atoms with van der Waals surface area (Å²) in [4.78, 5) is 8.63. The molecule has 1 atom stereocenters. The van der Waals surface area contributed by atoms with E-state index in [1.807, 2.05) is 17.6 Å². The fourth-order valence-corrected chi connectivity index (χ4v) is 4.46. The summed E-state index contributed by atoms with van der Waals surface area (Å²) in [5, 5.41) is 0. The quantitative estimate of drug-likeness (QED) is 0.876. The highest BCUT2D eigenvalue weighted by molar-refractivity contribution is 7.91. The molecule has 1 fully saturated rings. The maximum atomic E-state index is 11.5. The van der Waals surface area contributed by atoms with E-state index in [0.717, 1.165) is 16.7 Å². The van der Waals surface area contributed by atoms with Gasteiger partial charge in [0.1, 0.15) is 5.52 Å². The molecular formula is C12H16N4O2S. The third kappa shape index (κ3) is 2.18. The minimum Gasteiger partial charge on any atom is -0.369 e. The number of imidazole rings is 1. The zero-order valence-corrected chi connectivity index (χ0v) is 11.5. The highest BCUT2D eigenvalue weighted by atomic mass is 32.2. The normalized spacial score (nSPS) is 22.1. The number of aryl methyl sites for hydroxylation is 1. The fraction of sp³-hybridized carbons (Fsp3) is 0.500. The molecule has 3 rings (SSSR count). The number of fused-ring (bicyclic) bond motifs is 1. The summed E-state index contributed by atoms with van der Waals surface area (Å²) in [6, 6.07) is 1.89. The third-order valence-electron chi connectivity index (χ3n) is 3.63. The van der Waals surface area contributed by atoms with Gasteiger partial charge in [-0.1, -0.05) is 0 Å². The summed E-state index contributed by atoms with van der Waals surface area (Å²) in [6.07, 6.45) is 2.41. The lowest BCUT2D eigenvalue weighted by Gasteiger charge is -2.10. The van der Waals surface area contributed by atoms with Crippen LogP contribution in [0, 0.1) is 12.8 Å². The standard InChI is InChI=1S/C12H16N4O2S/c1-8-2-4-14-11-10(8)15-12(13)16(11)6-9-3-5-19(17,18)7-9/h2,4,9H,3,5-7H2,1H3,(H2,13,15). The average molecular weight is 280 g/mol. The maximum absolute atomic E-state index is 11.5. The Morgan fingerprint density at radius 2 is 2.32 bits per heavy atom. The zero-order chi connectivity index (χ0) is 13.6. The first-order valence-corrected chi connectivity index (χ1v) is 8.06. The summed E-state index contributed by atoms with van der Waals surface area (Å²) < 4.78 is 24.8. The lowest BCUT2D eigenvalue weighted by atomic mass is 10.1. The van der Waals surface area contributed by atoms with Crippen molar-refractivity contribution in [3.8, 4) is 0 Å². The molecule has 1 saturated heterocycles.